The second-order valence-electron chi connectivity index (χ2n) is 5.59. The maximum Gasteiger partial charge on any atom is 0.294 e. The molecule has 1 aliphatic rings. The van der Waals surface area contributed by atoms with E-state index in [1.54, 1.807) is 36.4 Å². The van der Waals surface area contributed by atoms with Crippen LogP contribution in [0.4, 0.5) is 10.5 Å². The Morgan fingerprint density at radius 3 is 2.61 bits per heavy atom. The quantitative estimate of drug-likeness (QED) is 0.496. The van der Waals surface area contributed by atoms with Gasteiger partial charge in [-0.25, -0.2) is 0 Å². The summed E-state index contributed by atoms with van der Waals surface area (Å²) < 4.78 is 0.683. The fourth-order valence-electron chi connectivity index (χ4n) is 2.33. The summed E-state index contributed by atoms with van der Waals surface area (Å²) in [5.74, 6) is -1.10. The van der Waals surface area contributed by atoms with E-state index in [1.807, 2.05) is 0 Å². The summed E-state index contributed by atoms with van der Waals surface area (Å²) in [6, 6.07) is 9.84. The average molecular weight is 521 g/mol. The lowest BCUT2D eigenvalue weighted by atomic mass is 10.2. The zero-order chi connectivity index (χ0) is 20.4. The molecule has 1 saturated heterocycles. The first-order chi connectivity index (χ1) is 13.3. The Bertz CT molecular complexity index is 1030. The van der Waals surface area contributed by atoms with E-state index in [4.69, 9.17) is 34.8 Å². The van der Waals surface area contributed by atoms with Crippen LogP contribution in [-0.2, 0) is 9.59 Å². The van der Waals surface area contributed by atoms with Crippen LogP contribution in [0, 0.1) is 0 Å². The molecule has 1 aliphatic heterocycles. The number of nitrogens with zero attached hydrogens (tertiary/aromatic N) is 1. The van der Waals surface area contributed by atoms with Crippen LogP contribution in [0.1, 0.15) is 5.56 Å². The summed E-state index contributed by atoms with van der Waals surface area (Å²) >= 11 is 22.1. The maximum atomic E-state index is 12.5. The first-order valence-corrected chi connectivity index (χ1v) is 10.4. The lowest BCUT2D eigenvalue weighted by Crippen LogP contribution is -2.36. The monoisotopic (exact) mass is 518 g/mol. The van der Waals surface area contributed by atoms with Gasteiger partial charge in [0.25, 0.3) is 11.1 Å². The van der Waals surface area contributed by atoms with Crippen molar-refractivity contribution in [3.63, 3.8) is 0 Å². The normalized spacial score (nSPS) is 15.4. The highest BCUT2D eigenvalue weighted by Crippen LogP contribution is 2.35. The molecular weight excluding hydrogens is 511 g/mol. The van der Waals surface area contributed by atoms with Gasteiger partial charge in [0.1, 0.15) is 6.54 Å². The molecule has 1 fully saturated rings. The van der Waals surface area contributed by atoms with E-state index in [9.17, 15) is 14.4 Å². The number of hydrogen-bond acceptors (Lipinski definition) is 4. The second kappa shape index (κ2) is 8.88. The van der Waals surface area contributed by atoms with Crippen LogP contribution in [0.5, 0.6) is 0 Å². The first-order valence-electron chi connectivity index (χ1n) is 7.70. The zero-order valence-corrected chi connectivity index (χ0v) is 18.5. The second-order valence-corrected chi connectivity index (χ2v) is 8.63. The summed E-state index contributed by atoms with van der Waals surface area (Å²) in [5.41, 5.74) is 0.958. The van der Waals surface area contributed by atoms with Gasteiger partial charge in [0.2, 0.25) is 5.91 Å². The Kier molecular flexibility index (Phi) is 6.73. The standard InChI is InChI=1S/C18H10BrCl3N2O3S/c19-11-5-4-10(7-13(11)21)23-15(25)8-24-17(26)14(28-18(24)27)6-9-2-1-3-12(20)16(9)22/h1-7H,8H2,(H,23,25)/b14-6+. The number of hydrogen-bond donors (Lipinski definition) is 1. The molecule has 2 aromatic carbocycles. The maximum absolute atomic E-state index is 12.5. The van der Waals surface area contributed by atoms with Crippen molar-refractivity contribution in [1.29, 1.82) is 0 Å². The van der Waals surface area contributed by atoms with Crippen molar-refractivity contribution in [3.05, 3.63) is 66.4 Å². The fraction of sp³-hybridized carbons (Fsp3) is 0.0556. The highest BCUT2D eigenvalue weighted by Gasteiger charge is 2.36. The van der Waals surface area contributed by atoms with Gasteiger partial charge < -0.3 is 5.32 Å². The van der Waals surface area contributed by atoms with Gasteiger partial charge in [-0.05, 0) is 63.6 Å². The van der Waals surface area contributed by atoms with Gasteiger partial charge in [-0.15, -0.1) is 0 Å². The highest BCUT2D eigenvalue weighted by molar-refractivity contribution is 9.10. The van der Waals surface area contributed by atoms with E-state index in [2.05, 4.69) is 21.2 Å². The Balaban J connectivity index is 1.73. The summed E-state index contributed by atoms with van der Waals surface area (Å²) in [6.45, 7) is -0.418. The Labute approximate surface area is 188 Å². The molecule has 3 amide bonds. The van der Waals surface area contributed by atoms with Crippen LogP contribution in [0.3, 0.4) is 0 Å². The molecule has 0 aromatic heterocycles. The molecule has 0 saturated carbocycles. The number of halogens is 4. The number of amides is 3. The largest absolute Gasteiger partial charge is 0.324 e. The van der Waals surface area contributed by atoms with Crippen molar-refractivity contribution in [3.8, 4) is 0 Å². The van der Waals surface area contributed by atoms with Gasteiger partial charge in [-0.1, -0.05) is 46.9 Å². The van der Waals surface area contributed by atoms with E-state index in [0.29, 0.717) is 25.8 Å². The molecule has 2 aromatic rings. The van der Waals surface area contributed by atoms with Gasteiger partial charge in [-0.2, -0.15) is 0 Å². The highest BCUT2D eigenvalue weighted by atomic mass is 79.9. The number of imide groups is 1. The lowest BCUT2D eigenvalue weighted by Gasteiger charge is -2.12. The minimum atomic E-state index is -0.574. The summed E-state index contributed by atoms with van der Waals surface area (Å²) in [4.78, 5) is 38.0. The average Bonchev–Trinajstić information content (AvgIpc) is 2.89. The van der Waals surface area contributed by atoms with Gasteiger partial charge in [0, 0.05) is 10.2 Å². The predicted octanol–water partition coefficient (Wildman–Crippen LogP) is 6.08. The number of anilines is 1. The molecule has 10 heteroatoms. The minimum absolute atomic E-state index is 0.161. The summed E-state index contributed by atoms with van der Waals surface area (Å²) in [6.07, 6.45) is 1.48. The van der Waals surface area contributed by atoms with Gasteiger partial charge in [0.15, 0.2) is 0 Å². The van der Waals surface area contributed by atoms with Crippen molar-refractivity contribution < 1.29 is 14.4 Å². The van der Waals surface area contributed by atoms with E-state index in [0.717, 1.165) is 16.7 Å². The van der Waals surface area contributed by atoms with Crippen LogP contribution in [0.2, 0.25) is 15.1 Å². The van der Waals surface area contributed by atoms with E-state index >= 15 is 0 Å². The smallest absolute Gasteiger partial charge is 0.294 e. The number of rotatable bonds is 4. The number of carbonyl (C=O) groups is 3. The third-order valence-corrected chi connectivity index (χ3v) is 6.62. The summed E-state index contributed by atoms with van der Waals surface area (Å²) in [5, 5.41) is 3.09. The van der Waals surface area contributed by atoms with Crippen LogP contribution in [0.25, 0.3) is 6.08 Å². The number of carbonyl (C=O) groups excluding carboxylic acids is 3. The van der Waals surface area contributed by atoms with Crippen molar-refractivity contribution in [2.45, 2.75) is 0 Å². The SMILES string of the molecule is O=C(CN1C(=O)S/C(=C/c2cccc(Cl)c2Cl)C1=O)Nc1ccc(Br)c(Cl)c1. The fourth-order valence-corrected chi connectivity index (χ4v) is 3.95. The lowest BCUT2D eigenvalue weighted by molar-refractivity contribution is -0.127. The molecule has 3 rings (SSSR count). The van der Waals surface area contributed by atoms with Crippen molar-refractivity contribution >= 4 is 91.3 Å². The third kappa shape index (κ3) is 4.72. The van der Waals surface area contributed by atoms with Gasteiger partial charge in [0.05, 0.1) is 20.0 Å². The molecule has 0 bridgehead atoms. The number of nitrogens with one attached hydrogen (secondary N) is 1. The van der Waals surface area contributed by atoms with Crippen molar-refractivity contribution in [2.75, 3.05) is 11.9 Å². The molecular formula is C18H10BrCl3N2O3S. The molecule has 28 heavy (non-hydrogen) atoms. The molecule has 0 atom stereocenters. The van der Waals surface area contributed by atoms with Crippen LogP contribution < -0.4 is 5.32 Å². The molecule has 0 unspecified atom stereocenters. The molecule has 144 valence electrons. The molecule has 1 N–H and O–H groups in total. The Morgan fingerprint density at radius 1 is 1.14 bits per heavy atom. The Hall–Kier alpha value is -1.51. The number of benzene rings is 2. The van der Waals surface area contributed by atoms with Gasteiger partial charge in [-0.3, -0.25) is 19.3 Å². The predicted molar refractivity (Wildman–Crippen MR) is 117 cm³/mol. The van der Waals surface area contributed by atoms with Crippen LogP contribution in [-0.4, -0.2) is 28.5 Å². The van der Waals surface area contributed by atoms with Gasteiger partial charge >= 0.3 is 0 Å². The molecule has 1 heterocycles. The van der Waals surface area contributed by atoms with Crippen LogP contribution in [0.15, 0.2) is 45.8 Å². The van der Waals surface area contributed by atoms with Crippen LogP contribution >= 0.6 is 62.5 Å². The molecule has 0 aliphatic carbocycles. The molecule has 0 spiro atoms. The van der Waals surface area contributed by atoms with Crippen molar-refractivity contribution in [2.24, 2.45) is 0 Å². The zero-order valence-electron chi connectivity index (χ0n) is 13.8. The van der Waals surface area contributed by atoms with E-state index in [1.165, 1.54) is 6.08 Å². The molecule has 5 nitrogen and oxygen atoms in total. The van der Waals surface area contributed by atoms with E-state index < -0.39 is 23.6 Å². The first kappa shape index (κ1) is 21.2. The molecule has 0 radical (unpaired) electrons. The minimum Gasteiger partial charge on any atom is -0.324 e. The third-order valence-electron chi connectivity index (χ3n) is 3.65. The topological polar surface area (TPSA) is 66.5 Å². The Morgan fingerprint density at radius 2 is 1.89 bits per heavy atom. The summed E-state index contributed by atoms with van der Waals surface area (Å²) in [7, 11) is 0. The van der Waals surface area contributed by atoms with E-state index in [-0.39, 0.29) is 9.93 Å². The number of thioether (sulfide) groups is 1. The van der Waals surface area contributed by atoms with Crippen molar-refractivity contribution in [1.82, 2.24) is 4.90 Å².